The normalized spacial score (nSPS) is 18.5. The van der Waals surface area contributed by atoms with Crippen LogP contribution >= 0.6 is 0 Å². The lowest BCUT2D eigenvalue weighted by Crippen LogP contribution is -2.51. The number of hydrogen-bond acceptors (Lipinski definition) is 4. The Morgan fingerprint density at radius 2 is 1.86 bits per heavy atom. The molecule has 1 amide bonds. The van der Waals surface area contributed by atoms with Gasteiger partial charge in [-0.25, -0.2) is 0 Å². The Kier molecular flexibility index (Phi) is 8.03. The Labute approximate surface area is 170 Å². The Morgan fingerprint density at radius 1 is 1.21 bits per heavy atom. The van der Waals surface area contributed by atoms with Gasteiger partial charge in [0.15, 0.2) is 0 Å². The summed E-state index contributed by atoms with van der Waals surface area (Å²) in [6.45, 7) is 12.4. The number of rotatable bonds is 8. The summed E-state index contributed by atoms with van der Waals surface area (Å²) in [6, 6.07) is 10.9. The highest BCUT2D eigenvalue weighted by atomic mass is 16.5. The molecular weight excluding hydrogens is 350 g/mol. The summed E-state index contributed by atoms with van der Waals surface area (Å²) in [5.41, 5.74) is 1.91. The van der Waals surface area contributed by atoms with Crippen molar-refractivity contribution in [1.82, 2.24) is 9.80 Å². The zero-order valence-electron chi connectivity index (χ0n) is 18.1. The maximum Gasteiger partial charge on any atom is 0.251 e. The van der Waals surface area contributed by atoms with Crippen LogP contribution in [0.4, 0.5) is 0 Å². The molecule has 1 aliphatic heterocycles. The van der Waals surface area contributed by atoms with Crippen molar-refractivity contribution in [2.24, 2.45) is 5.92 Å². The molecular formula is C23H35N3O2. The fourth-order valence-corrected chi connectivity index (χ4v) is 4.18. The van der Waals surface area contributed by atoms with Gasteiger partial charge in [0.05, 0.1) is 11.5 Å². The van der Waals surface area contributed by atoms with Crippen molar-refractivity contribution in [3.8, 4) is 6.07 Å². The fourth-order valence-electron chi connectivity index (χ4n) is 4.18. The third-order valence-corrected chi connectivity index (χ3v) is 6.24. The van der Waals surface area contributed by atoms with Crippen LogP contribution < -0.4 is 0 Å². The molecule has 1 aromatic carbocycles. The van der Waals surface area contributed by atoms with Crippen molar-refractivity contribution in [3.63, 3.8) is 0 Å². The van der Waals surface area contributed by atoms with Gasteiger partial charge in [0.25, 0.3) is 5.91 Å². The van der Waals surface area contributed by atoms with Gasteiger partial charge in [-0.1, -0.05) is 38.1 Å². The quantitative estimate of drug-likeness (QED) is 0.688. The number of nitrogens with zero attached hydrogens (tertiary/aromatic N) is 3. The number of nitriles is 1. The first-order valence-electron chi connectivity index (χ1n) is 10.4. The highest BCUT2D eigenvalue weighted by molar-refractivity contribution is 5.80. The molecule has 0 bridgehead atoms. The number of amides is 1. The van der Waals surface area contributed by atoms with Crippen LogP contribution in [-0.4, -0.2) is 61.6 Å². The first-order valence-corrected chi connectivity index (χ1v) is 10.4. The van der Waals surface area contributed by atoms with Crippen LogP contribution in [0.15, 0.2) is 24.3 Å². The summed E-state index contributed by atoms with van der Waals surface area (Å²) < 4.78 is 5.15. The van der Waals surface area contributed by atoms with Gasteiger partial charge in [-0.3, -0.25) is 9.69 Å². The summed E-state index contributed by atoms with van der Waals surface area (Å²) in [5, 5.41) is 10.1. The summed E-state index contributed by atoms with van der Waals surface area (Å²) in [5.74, 6) is 0.327. The lowest BCUT2D eigenvalue weighted by molar-refractivity contribution is -0.142. The maximum absolute atomic E-state index is 12.2. The molecule has 0 spiro atoms. The molecule has 0 aliphatic carbocycles. The SMILES string of the molecule is CO[C@@H](C)C(=O)N1CCN(CCC[C@@](C#N)(c2ccccc2C)C(C)C)CC1. The van der Waals surface area contributed by atoms with E-state index in [4.69, 9.17) is 4.74 Å². The topological polar surface area (TPSA) is 56.6 Å². The minimum absolute atomic E-state index is 0.0741. The van der Waals surface area contributed by atoms with Gasteiger partial charge in [0.1, 0.15) is 6.10 Å². The lowest BCUT2D eigenvalue weighted by Gasteiger charge is -2.37. The van der Waals surface area contributed by atoms with Crippen LogP contribution in [0.5, 0.6) is 0 Å². The van der Waals surface area contributed by atoms with Crippen molar-refractivity contribution >= 4 is 5.91 Å². The van der Waals surface area contributed by atoms with E-state index in [1.807, 2.05) is 17.0 Å². The van der Waals surface area contributed by atoms with E-state index in [2.05, 4.69) is 43.9 Å². The Bertz CT molecular complexity index is 689. The molecule has 1 aliphatic rings. The van der Waals surface area contributed by atoms with Crippen LogP contribution in [0.2, 0.25) is 0 Å². The molecule has 0 radical (unpaired) electrons. The molecule has 154 valence electrons. The van der Waals surface area contributed by atoms with E-state index in [9.17, 15) is 10.1 Å². The molecule has 1 heterocycles. The molecule has 0 saturated carbocycles. The number of aryl methyl sites for hydroxylation is 1. The molecule has 1 aromatic rings. The van der Waals surface area contributed by atoms with Gasteiger partial charge in [-0.05, 0) is 50.3 Å². The number of hydrogen-bond donors (Lipinski definition) is 0. The Hall–Kier alpha value is -1.90. The predicted octanol–water partition coefficient (Wildman–Crippen LogP) is 3.37. The van der Waals surface area contributed by atoms with Crippen molar-refractivity contribution < 1.29 is 9.53 Å². The van der Waals surface area contributed by atoms with Crippen molar-refractivity contribution in [2.75, 3.05) is 39.8 Å². The summed E-state index contributed by atoms with van der Waals surface area (Å²) in [4.78, 5) is 16.5. The third-order valence-electron chi connectivity index (χ3n) is 6.24. The van der Waals surface area contributed by atoms with E-state index >= 15 is 0 Å². The molecule has 28 heavy (non-hydrogen) atoms. The van der Waals surface area contributed by atoms with Crippen LogP contribution in [0.3, 0.4) is 0 Å². The minimum atomic E-state index is -0.447. The van der Waals surface area contributed by atoms with Gasteiger partial charge in [-0.15, -0.1) is 0 Å². The number of methoxy groups -OCH3 is 1. The molecule has 2 rings (SSSR count). The van der Waals surface area contributed by atoms with Crippen molar-refractivity contribution in [1.29, 1.82) is 5.26 Å². The summed E-state index contributed by atoms with van der Waals surface area (Å²) >= 11 is 0. The largest absolute Gasteiger partial charge is 0.372 e. The molecule has 0 aromatic heterocycles. The Morgan fingerprint density at radius 3 is 2.39 bits per heavy atom. The van der Waals surface area contributed by atoms with Crippen LogP contribution in [0.1, 0.15) is 44.7 Å². The molecule has 0 unspecified atom stereocenters. The number of carbonyl (C=O) groups is 1. The molecule has 1 fully saturated rings. The minimum Gasteiger partial charge on any atom is -0.372 e. The van der Waals surface area contributed by atoms with E-state index < -0.39 is 5.41 Å². The van der Waals surface area contributed by atoms with Gasteiger partial charge >= 0.3 is 0 Å². The zero-order chi connectivity index (χ0) is 20.7. The monoisotopic (exact) mass is 385 g/mol. The van der Waals surface area contributed by atoms with Crippen LogP contribution in [-0.2, 0) is 14.9 Å². The van der Waals surface area contributed by atoms with E-state index in [0.29, 0.717) is 0 Å². The predicted molar refractivity (Wildman–Crippen MR) is 112 cm³/mol. The Balaban J connectivity index is 1.93. The highest BCUT2D eigenvalue weighted by Crippen LogP contribution is 2.38. The number of ether oxygens (including phenoxy) is 1. The van der Waals surface area contributed by atoms with Crippen LogP contribution in [0.25, 0.3) is 0 Å². The van der Waals surface area contributed by atoms with Gasteiger partial charge < -0.3 is 9.64 Å². The lowest BCUT2D eigenvalue weighted by atomic mass is 9.68. The van der Waals surface area contributed by atoms with E-state index in [1.165, 1.54) is 5.56 Å². The summed E-state index contributed by atoms with van der Waals surface area (Å²) in [6.07, 6.45) is 1.46. The average Bonchev–Trinajstić information content (AvgIpc) is 2.71. The van der Waals surface area contributed by atoms with Gasteiger partial charge in [0, 0.05) is 33.3 Å². The molecule has 5 heteroatoms. The number of carbonyl (C=O) groups excluding carboxylic acids is 1. The first kappa shape index (κ1) is 22.4. The summed E-state index contributed by atoms with van der Waals surface area (Å²) in [7, 11) is 1.57. The van der Waals surface area contributed by atoms with E-state index in [-0.39, 0.29) is 17.9 Å². The smallest absolute Gasteiger partial charge is 0.251 e. The zero-order valence-corrected chi connectivity index (χ0v) is 18.1. The first-order chi connectivity index (χ1) is 13.4. The van der Waals surface area contributed by atoms with E-state index in [0.717, 1.165) is 51.1 Å². The third kappa shape index (κ3) is 4.92. The molecule has 2 atom stereocenters. The number of benzene rings is 1. The van der Waals surface area contributed by atoms with Gasteiger partial charge in [0.2, 0.25) is 0 Å². The van der Waals surface area contributed by atoms with Crippen LogP contribution in [0, 0.1) is 24.2 Å². The second kappa shape index (κ2) is 10.0. The molecule has 0 N–H and O–H groups in total. The number of piperazine rings is 1. The molecule has 1 saturated heterocycles. The second-order valence-electron chi connectivity index (χ2n) is 8.20. The van der Waals surface area contributed by atoms with E-state index in [1.54, 1.807) is 14.0 Å². The average molecular weight is 386 g/mol. The molecule has 5 nitrogen and oxygen atoms in total. The second-order valence-corrected chi connectivity index (χ2v) is 8.20. The van der Waals surface area contributed by atoms with Crippen molar-refractivity contribution in [2.45, 2.75) is 52.1 Å². The fraction of sp³-hybridized carbons (Fsp3) is 0.652. The maximum atomic E-state index is 12.2. The highest BCUT2D eigenvalue weighted by Gasteiger charge is 2.36. The van der Waals surface area contributed by atoms with Gasteiger partial charge in [-0.2, -0.15) is 5.26 Å². The standard InChI is InChI=1S/C23H35N3O2/c1-18(2)23(17-24,21-10-7-6-9-19(21)3)11-8-12-25-13-15-26(16-14-25)22(27)20(4)28-5/h6-7,9-10,18,20H,8,11-16H2,1-5H3/t20-,23-/m0/s1. The van der Waals surface area contributed by atoms with Crippen molar-refractivity contribution in [3.05, 3.63) is 35.4 Å².